The van der Waals surface area contributed by atoms with Crippen LogP contribution in [0.15, 0.2) is 18.2 Å². The molecule has 1 aromatic carbocycles. The Morgan fingerprint density at radius 1 is 1.55 bits per heavy atom. The van der Waals surface area contributed by atoms with Gasteiger partial charge in [0.2, 0.25) is 5.91 Å². The minimum absolute atomic E-state index is 0. The third-order valence-electron chi connectivity index (χ3n) is 3.07. The first kappa shape index (κ1) is 16.7. The van der Waals surface area contributed by atoms with Gasteiger partial charge in [0.1, 0.15) is 0 Å². The molecule has 0 aliphatic heterocycles. The van der Waals surface area contributed by atoms with E-state index in [-0.39, 0.29) is 42.6 Å². The molecule has 1 aliphatic carbocycles. The number of nitrogens with two attached hydrogens (primary N) is 1. The second-order valence-electron chi connectivity index (χ2n) is 5.05. The van der Waals surface area contributed by atoms with Crippen molar-refractivity contribution >= 4 is 24.0 Å². The molecule has 0 saturated heterocycles. The molecule has 2 rings (SSSR count). The summed E-state index contributed by atoms with van der Waals surface area (Å²) >= 11 is 0. The molecule has 3 N–H and O–H groups in total. The van der Waals surface area contributed by atoms with E-state index < -0.39 is 5.82 Å². The van der Waals surface area contributed by atoms with Gasteiger partial charge in [0, 0.05) is 24.2 Å². The summed E-state index contributed by atoms with van der Waals surface area (Å²) in [6.45, 7) is 1.75. The predicted molar refractivity (Wildman–Crippen MR) is 78.8 cm³/mol. The second kappa shape index (κ2) is 7.45. The van der Waals surface area contributed by atoms with Crippen molar-refractivity contribution in [3.8, 4) is 5.75 Å². The van der Waals surface area contributed by atoms with Crippen LogP contribution in [-0.4, -0.2) is 18.1 Å². The van der Waals surface area contributed by atoms with Crippen LogP contribution in [-0.2, 0) is 4.79 Å². The highest BCUT2D eigenvalue weighted by Gasteiger charge is 2.20. The molecule has 0 bridgehead atoms. The van der Waals surface area contributed by atoms with E-state index in [0.717, 1.165) is 19.3 Å². The number of amides is 1. The molecular weight excluding hydrogens is 283 g/mol. The van der Waals surface area contributed by atoms with Crippen LogP contribution in [0.25, 0.3) is 0 Å². The number of rotatable bonds is 5. The first-order valence-corrected chi connectivity index (χ1v) is 6.56. The molecule has 0 aromatic heterocycles. The Morgan fingerprint density at radius 2 is 2.25 bits per heavy atom. The van der Waals surface area contributed by atoms with Gasteiger partial charge >= 0.3 is 0 Å². The van der Waals surface area contributed by atoms with Gasteiger partial charge in [-0.1, -0.05) is 0 Å². The summed E-state index contributed by atoms with van der Waals surface area (Å²) in [4.78, 5) is 11.5. The number of anilines is 1. The third kappa shape index (κ3) is 4.65. The van der Waals surface area contributed by atoms with Crippen LogP contribution in [0.3, 0.4) is 0 Å². The first-order chi connectivity index (χ1) is 9.04. The molecule has 1 aromatic rings. The van der Waals surface area contributed by atoms with E-state index in [1.807, 2.05) is 0 Å². The van der Waals surface area contributed by atoms with Gasteiger partial charge < -0.3 is 15.8 Å². The standard InChI is InChI=1S/C14H19FN2O2.ClH/c1-9(16)7-14(18)17-10-5-6-13(12(15)8-10)19-11-3-2-4-11;/h5-6,8-9,11H,2-4,7,16H2,1H3,(H,17,18);1H. The average Bonchev–Trinajstić information content (AvgIpc) is 2.24. The monoisotopic (exact) mass is 302 g/mol. The van der Waals surface area contributed by atoms with Crippen molar-refractivity contribution in [2.24, 2.45) is 5.73 Å². The Bertz CT molecular complexity index is 464. The fourth-order valence-electron chi connectivity index (χ4n) is 1.85. The number of carbonyl (C=O) groups is 1. The second-order valence-corrected chi connectivity index (χ2v) is 5.05. The summed E-state index contributed by atoms with van der Waals surface area (Å²) in [5.41, 5.74) is 5.94. The number of ether oxygens (including phenoxy) is 1. The topological polar surface area (TPSA) is 64.4 Å². The number of hydrogen-bond donors (Lipinski definition) is 2. The highest BCUT2D eigenvalue weighted by molar-refractivity contribution is 5.91. The van der Waals surface area contributed by atoms with Crippen molar-refractivity contribution in [2.75, 3.05) is 5.32 Å². The number of benzene rings is 1. The molecule has 1 amide bonds. The molecule has 6 heteroatoms. The minimum Gasteiger partial charge on any atom is -0.487 e. The van der Waals surface area contributed by atoms with E-state index >= 15 is 0 Å². The average molecular weight is 303 g/mol. The molecule has 4 nitrogen and oxygen atoms in total. The predicted octanol–water partition coefficient (Wildman–Crippen LogP) is 2.85. The zero-order valence-corrected chi connectivity index (χ0v) is 12.2. The number of halogens is 2. The van der Waals surface area contributed by atoms with Crippen LogP contribution >= 0.6 is 12.4 Å². The van der Waals surface area contributed by atoms with E-state index in [2.05, 4.69) is 5.32 Å². The maximum atomic E-state index is 13.8. The van der Waals surface area contributed by atoms with E-state index in [0.29, 0.717) is 5.69 Å². The highest BCUT2D eigenvalue weighted by atomic mass is 35.5. The summed E-state index contributed by atoms with van der Waals surface area (Å²) < 4.78 is 19.3. The lowest BCUT2D eigenvalue weighted by Gasteiger charge is -2.26. The smallest absolute Gasteiger partial charge is 0.225 e. The van der Waals surface area contributed by atoms with Gasteiger partial charge in [-0.15, -0.1) is 12.4 Å². The quantitative estimate of drug-likeness (QED) is 0.879. The number of hydrogen-bond acceptors (Lipinski definition) is 3. The summed E-state index contributed by atoms with van der Waals surface area (Å²) in [5, 5.41) is 2.61. The van der Waals surface area contributed by atoms with Crippen molar-refractivity contribution in [1.29, 1.82) is 0 Å². The first-order valence-electron chi connectivity index (χ1n) is 6.56. The molecule has 1 saturated carbocycles. The van der Waals surface area contributed by atoms with Gasteiger partial charge in [0.25, 0.3) is 0 Å². The van der Waals surface area contributed by atoms with Crippen LogP contribution in [0.4, 0.5) is 10.1 Å². The van der Waals surface area contributed by atoms with Crippen LogP contribution in [0.5, 0.6) is 5.75 Å². The Kier molecular flexibility index (Phi) is 6.23. The molecule has 1 unspecified atom stereocenters. The summed E-state index contributed by atoms with van der Waals surface area (Å²) in [6, 6.07) is 4.24. The van der Waals surface area contributed by atoms with Gasteiger partial charge in [0.05, 0.1) is 6.10 Å². The van der Waals surface area contributed by atoms with E-state index in [9.17, 15) is 9.18 Å². The minimum atomic E-state index is -0.453. The summed E-state index contributed by atoms with van der Waals surface area (Å²) in [6.07, 6.45) is 3.44. The van der Waals surface area contributed by atoms with E-state index in [1.54, 1.807) is 19.1 Å². The lowest BCUT2D eigenvalue weighted by atomic mass is 9.96. The van der Waals surface area contributed by atoms with Crippen LogP contribution in [0, 0.1) is 5.82 Å². The lowest BCUT2D eigenvalue weighted by molar-refractivity contribution is -0.116. The molecule has 0 spiro atoms. The number of nitrogens with one attached hydrogen (secondary N) is 1. The fraction of sp³-hybridized carbons (Fsp3) is 0.500. The molecule has 0 heterocycles. The van der Waals surface area contributed by atoms with Gasteiger partial charge in [-0.05, 0) is 38.3 Å². The van der Waals surface area contributed by atoms with Gasteiger partial charge in [-0.3, -0.25) is 4.79 Å². The maximum Gasteiger partial charge on any atom is 0.225 e. The third-order valence-corrected chi connectivity index (χ3v) is 3.07. The zero-order valence-electron chi connectivity index (χ0n) is 11.4. The van der Waals surface area contributed by atoms with E-state index in [4.69, 9.17) is 10.5 Å². The molecular formula is C14H20ClFN2O2. The molecule has 1 fully saturated rings. The SMILES string of the molecule is CC(N)CC(=O)Nc1ccc(OC2CCC2)c(F)c1.Cl. The molecule has 1 atom stereocenters. The molecule has 1 aliphatic rings. The molecule has 0 radical (unpaired) electrons. The zero-order chi connectivity index (χ0) is 13.8. The van der Waals surface area contributed by atoms with Gasteiger partial charge in [0.15, 0.2) is 11.6 Å². The molecule has 20 heavy (non-hydrogen) atoms. The maximum absolute atomic E-state index is 13.8. The van der Waals surface area contributed by atoms with Crippen molar-refractivity contribution in [1.82, 2.24) is 0 Å². The van der Waals surface area contributed by atoms with Crippen molar-refractivity contribution in [3.05, 3.63) is 24.0 Å². The Hall–Kier alpha value is -1.33. The van der Waals surface area contributed by atoms with Gasteiger partial charge in [-0.2, -0.15) is 0 Å². The summed E-state index contributed by atoms with van der Waals surface area (Å²) in [5.74, 6) is -0.428. The lowest BCUT2D eigenvalue weighted by Crippen LogP contribution is -2.25. The molecule has 112 valence electrons. The van der Waals surface area contributed by atoms with Crippen LogP contribution < -0.4 is 15.8 Å². The van der Waals surface area contributed by atoms with E-state index in [1.165, 1.54) is 6.07 Å². The van der Waals surface area contributed by atoms with Crippen molar-refractivity contribution in [3.63, 3.8) is 0 Å². The highest BCUT2D eigenvalue weighted by Crippen LogP contribution is 2.28. The van der Waals surface area contributed by atoms with Crippen LogP contribution in [0.2, 0.25) is 0 Å². The van der Waals surface area contributed by atoms with Crippen molar-refractivity contribution < 1.29 is 13.9 Å². The largest absolute Gasteiger partial charge is 0.487 e. The Labute approximate surface area is 124 Å². The number of carbonyl (C=O) groups excluding carboxylic acids is 1. The summed E-state index contributed by atoms with van der Waals surface area (Å²) in [7, 11) is 0. The van der Waals surface area contributed by atoms with Crippen LogP contribution in [0.1, 0.15) is 32.6 Å². The fourth-order valence-corrected chi connectivity index (χ4v) is 1.85. The Balaban J connectivity index is 0.00000200. The normalized spacial score (nSPS) is 15.8. The van der Waals surface area contributed by atoms with Gasteiger partial charge in [-0.25, -0.2) is 4.39 Å². The van der Waals surface area contributed by atoms with Crippen molar-refractivity contribution in [2.45, 2.75) is 44.8 Å². The Morgan fingerprint density at radius 3 is 2.75 bits per heavy atom.